The van der Waals surface area contributed by atoms with Gasteiger partial charge in [-0.15, -0.1) is 0 Å². The molecule has 1 N–H and O–H groups in total. The van der Waals surface area contributed by atoms with E-state index in [2.05, 4.69) is 17.2 Å². The van der Waals surface area contributed by atoms with E-state index >= 15 is 0 Å². The molecule has 0 aliphatic carbocycles. The average Bonchev–Trinajstić information content (AvgIpc) is 2.65. The first-order chi connectivity index (χ1) is 13.0. The van der Waals surface area contributed by atoms with Gasteiger partial charge in [-0.2, -0.15) is 0 Å². The molecule has 2 heterocycles. The third kappa shape index (κ3) is 5.44. The van der Waals surface area contributed by atoms with Crippen molar-refractivity contribution in [3.05, 3.63) is 59.4 Å². The summed E-state index contributed by atoms with van der Waals surface area (Å²) in [4.78, 5) is 18.8. The fourth-order valence-corrected chi connectivity index (χ4v) is 3.20. The zero-order chi connectivity index (χ0) is 19.2. The molecule has 0 bridgehead atoms. The van der Waals surface area contributed by atoms with Crippen LogP contribution in [0.1, 0.15) is 23.9 Å². The van der Waals surface area contributed by atoms with Crippen molar-refractivity contribution in [1.82, 2.24) is 15.2 Å². The smallest absolute Gasteiger partial charge is 0.410 e. The summed E-state index contributed by atoms with van der Waals surface area (Å²) in [5.74, 6) is 0.774. The number of nitrogens with one attached hydrogen (secondary N) is 1. The number of rotatable bonds is 5. The maximum Gasteiger partial charge on any atom is 0.410 e. The van der Waals surface area contributed by atoms with Gasteiger partial charge < -0.3 is 14.8 Å². The Morgan fingerprint density at radius 1 is 1.22 bits per heavy atom. The van der Waals surface area contributed by atoms with Crippen molar-refractivity contribution < 1.29 is 14.3 Å². The largest absolute Gasteiger partial charge is 0.491 e. The topological polar surface area (TPSA) is 63.7 Å². The second-order valence-corrected chi connectivity index (χ2v) is 7.05. The molecule has 2 aromatic rings. The van der Waals surface area contributed by atoms with Crippen LogP contribution in [0.3, 0.4) is 0 Å². The molecule has 0 saturated carbocycles. The number of nitrogens with zero attached hydrogens (tertiary/aromatic N) is 2. The number of amides is 1. The zero-order valence-electron chi connectivity index (χ0n) is 16.1. The van der Waals surface area contributed by atoms with Crippen molar-refractivity contribution in [1.29, 1.82) is 0 Å². The summed E-state index contributed by atoms with van der Waals surface area (Å²) >= 11 is 0. The molecule has 144 valence electrons. The van der Waals surface area contributed by atoms with E-state index in [0.717, 1.165) is 22.7 Å². The minimum atomic E-state index is -0.303. The van der Waals surface area contributed by atoms with E-state index in [4.69, 9.17) is 9.47 Å². The van der Waals surface area contributed by atoms with Crippen LogP contribution < -0.4 is 10.1 Å². The van der Waals surface area contributed by atoms with Gasteiger partial charge in [-0.05, 0) is 26.3 Å². The molecular weight excluding hydrogens is 342 g/mol. The summed E-state index contributed by atoms with van der Waals surface area (Å²) in [6, 6.07) is 13.7. The van der Waals surface area contributed by atoms with Crippen LogP contribution in [0.5, 0.6) is 5.75 Å². The van der Waals surface area contributed by atoms with E-state index < -0.39 is 0 Å². The summed E-state index contributed by atoms with van der Waals surface area (Å²) in [6.07, 6.45) is -0.303. The minimum absolute atomic E-state index is 0.0850. The molecule has 0 radical (unpaired) electrons. The lowest BCUT2D eigenvalue weighted by Crippen LogP contribution is -2.59. The van der Waals surface area contributed by atoms with Gasteiger partial charge in [0, 0.05) is 42.7 Å². The summed E-state index contributed by atoms with van der Waals surface area (Å²) < 4.78 is 11.5. The van der Waals surface area contributed by atoms with E-state index in [0.29, 0.717) is 19.7 Å². The number of ether oxygens (including phenoxy) is 2. The van der Waals surface area contributed by atoms with Crippen LogP contribution in [0.15, 0.2) is 42.5 Å². The number of hydrogen-bond acceptors (Lipinski definition) is 5. The molecule has 1 aliphatic heterocycles. The molecule has 1 aliphatic rings. The van der Waals surface area contributed by atoms with Crippen LogP contribution in [-0.4, -0.2) is 47.8 Å². The Morgan fingerprint density at radius 3 is 2.63 bits per heavy atom. The van der Waals surface area contributed by atoms with E-state index in [1.165, 1.54) is 0 Å². The lowest BCUT2D eigenvalue weighted by molar-refractivity contribution is 0.0506. The van der Waals surface area contributed by atoms with Gasteiger partial charge in [0.1, 0.15) is 19.0 Å². The van der Waals surface area contributed by atoms with Gasteiger partial charge >= 0.3 is 6.09 Å². The van der Waals surface area contributed by atoms with E-state index in [-0.39, 0.29) is 24.8 Å². The van der Waals surface area contributed by atoms with Crippen molar-refractivity contribution in [2.24, 2.45) is 0 Å². The lowest BCUT2D eigenvalue weighted by atomic mass is 10.1. The average molecular weight is 369 g/mol. The highest BCUT2D eigenvalue weighted by Gasteiger charge is 2.31. The third-order valence-electron chi connectivity index (χ3n) is 4.55. The SMILES string of the molecule is Cc1cc(OCC2CN[C@@H](C)CN2C(=O)OCc2ccccc2)cc(C)n1. The number of benzene rings is 1. The molecule has 2 atom stereocenters. The maximum absolute atomic E-state index is 12.7. The molecule has 1 aromatic carbocycles. The first kappa shape index (κ1) is 19.2. The van der Waals surface area contributed by atoms with Crippen molar-refractivity contribution in [2.45, 2.75) is 39.5 Å². The van der Waals surface area contributed by atoms with Crippen LogP contribution >= 0.6 is 0 Å². The molecule has 6 heteroatoms. The summed E-state index contributed by atoms with van der Waals surface area (Å²) in [7, 11) is 0. The molecule has 27 heavy (non-hydrogen) atoms. The number of carbonyl (C=O) groups excluding carboxylic acids is 1. The van der Waals surface area contributed by atoms with Crippen LogP contribution in [0.2, 0.25) is 0 Å². The Hall–Kier alpha value is -2.60. The summed E-state index contributed by atoms with van der Waals surface area (Å²) in [6.45, 7) is 7.89. The Labute approximate surface area is 160 Å². The predicted molar refractivity (Wildman–Crippen MR) is 104 cm³/mol. The number of piperazine rings is 1. The second kappa shape index (κ2) is 8.86. The molecule has 3 rings (SSSR count). The van der Waals surface area contributed by atoms with Crippen molar-refractivity contribution >= 4 is 6.09 Å². The molecule has 1 amide bonds. The van der Waals surface area contributed by atoms with Gasteiger partial charge in [0.15, 0.2) is 0 Å². The Morgan fingerprint density at radius 2 is 1.93 bits per heavy atom. The monoisotopic (exact) mass is 369 g/mol. The fraction of sp³-hybridized carbons (Fsp3) is 0.429. The lowest BCUT2D eigenvalue weighted by Gasteiger charge is -2.38. The number of aromatic nitrogens is 1. The van der Waals surface area contributed by atoms with Gasteiger partial charge in [0.2, 0.25) is 0 Å². The standard InChI is InChI=1S/C21H27N3O3/c1-15-9-20(10-16(2)23-15)26-14-19-11-22-17(3)12-24(19)21(25)27-13-18-7-5-4-6-8-18/h4-10,17,19,22H,11-14H2,1-3H3/t17-,19?/m0/s1. The van der Waals surface area contributed by atoms with Gasteiger partial charge in [-0.3, -0.25) is 9.88 Å². The number of aryl methyl sites for hydroxylation is 2. The normalized spacial score (nSPS) is 19.6. The Bertz CT molecular complexity index is 746. The van der Waals surface area contributed by atoms with Crippen molar-refractivity contribution in [2.75, 3.05) is 19.7 Å². The van der Waals surface area contributed by atoms with Gasteiger partial charge in [-0.1, -0.05) is 30.3 Å². The first-order valence-electron chi connectivity index (χ1n) is 9.30. The highest BCUT2D eigenvalue weighted by atomic mass is 16.6. The zero-order valence-corrected chi connectivity index (χ0v) is 16.1. The van der Waals surface area contributed by atoms with Gasteiger partial charge in [0.05, 0.1) is 6.04 Å². The quantitative estimate of drug-likeness (QED) is 0.878. The number of pyridine rings is 1. The third-order valence-corrected chi connectivity index (χ3v) is 4.55. The molecule has 1 fully saturated rings. The first-order valence-corrected chi connectivity index (χ1v) is 9.30. The summed E-state index contributed by atoms with van der Waals surface area (Å²) in [5, 5.41) is 3.41. The van der Waals surface area contributed by atoms with Gasteiger partial charge in [0.25, 0.3) is 0 Å². The minimum Gasteiger partial charge on any atom is -0.491 e. The molecule has 0 spiro atoms. The Balaban J connectivity index is 1.60. The van der Waals surface area contributed by atoms with E-state index in [1.807, 2.05) is 56.3 Å². The van der Waals surface area contributed by atoms with Crippen LogP contribution in [0.25, 0.3) is 0 Å². The highest BCUT2D eigenvalue weighted by molar-refractivity contribution is 5.68. The molecule has 6 nitrogen and oxygen atoms in total. The van der Waals surface area contributed by atoms with E-state index in [1.54, 1.807) is 4.90 Å². The highest BCUT2D eigenvalue weighted by Crippen LogP contribution is 2.16. The number of hydrogen-bond donors (Lipinski definition) is 1. The molecule has 1 aromatic heterocycles. The predicted octanol–water partition coefficient (Wildman–Crippen LogP) is 3.08. The molecule has 1 saturated heterocycles. The maximum atomic E-state index is 12.7. The fourth-order valence-electron chi connectivity index (χ4n) is 3.20. The van der Waals surface area contributed by atoms with Crippen LogP contribution in [-0.2, 0) is 11.3 Å². The van der Waals surface area contributed by atoms with Crippen molar-refractivity contribution in [3.63, 3.8) is 0 Å². The van der Waals surface area contributed by atoms with Gasteiger partial charge in [-0.25, -0.2) is 4.79 Å². The molecule has 1 unspecified atom stereocenters. The Kier molecular flexibility index (Phi) is 6.29. The van der Waals surface area contributed by atoms with Crippen LogP contribution in [0.4, 0.5) is 4.79 Å². The number of carbonyl (C=O) groups is 1. The second-order valence-electron chi connectivity index (χ2n) is 7.05. The van der Waals surface area contributed by atoms with Crippen molar-refractivity contribution in [3.8, 4) is 5.75 Å². The van der Waals surface area contributed by atoms with E-state index in [9.17, 15) is 4.79 Å². The molecular formula is C21H27N3O3. The van der Waals surface area contributed by atoms with Crippen LogP contribution in [0, 0.1) is 13.8 Å². The summed E-state index contributed by atoms with van der Waals surface area (Å²) in [5.41, 5.74) is 2.81.